The number of carbonyl (C=O) groups excluding carboxylic acids is 1. The van der Waals surface area contributed by atoms with E-state index in [9.17, 15) is 18.0 Å². The maximum atomic E-state index is 13.5. The fraction of sp³-hybridized carbons (Fsp3) is 0.370. The highest BCUT2D eigenvalue weighted by Crippen LogP contribution is 2.46. The monoisotopic (exact) mass is 524 g/mol. The number of amides is 1. The first-order valence-corrected chi connectivity index (χ1v) is 13.6. The van der Waals surface area contributed by atoms with Gasteiger partial charge in [0, 0.05) is 30.3 Å². The topological polar surface area (TPSA) is 111 Å². The van der Waals surface area contributed by atoms with Crippen molar-refractivity contribution in [3.8, 4) is 0 Å². The van der Waals surface area contributed by atoms with Gasteiger partial charge in [-0.05, 0) is 44.5 Å². The van der Waals surface area contributed by atoms with Crippen molar-refractivity contribution in [1.29, 1.82) is 0 Å². The van der Waals surface area contributed by atoms with Crippen LogP contribution < -0.4 is 11.0 Å². The van der Waals surface area contributed by atoms with Crippen molar-refractivity contribution in [3.05, 3.63) is 88.5 Å². The van der Waals surface area contributed by atoms with Crippen molar-refractivity contribution in [2.24, 2.45) is 5.92 Å². The molecule has 0 radical (unpaired) electrons. The summed E-state index contributed by atoms with van der Waals surface area (Å²) < 4.78 is 36.1. The van der Waals surface area contributed by atoms with Crippen molar-refractivity contribution in [3.63, 3.8) is 0 Å². The molecule has 1 aliphatic rings. The Kier molecular flexibility index (Phi) is 7.36. The van der Waals surface area contributed by atoms with Crippen LogP contribution in [0.2, 0.25) is 0 Å². The van der Waals surface area contributed by atoms with E-state index in [0.29, 0.717) is 17.5 Å². The van der Waals surface area contributed by atoms with E-state index in [2.05, 4.69) is 10.3 Å². The van der Waals surface area contributed by atoms with Gasteiger partial charge in [-0.25, -0.2) is 13.2 Å². The minimum atomic E-state index is -3.87. The zero-order valence-electron chi connectivity index (χ0n) is 21.6. The highest BCUT2D eigenvalue weighted by Gasteiger charge is 2.53. The van der Waals surface area contributed by atoms with Gasteiger partial charge in [-0.1, -0.05) is 50.2 Å². The molecule has 37 heavy (non-hydrogen) atoms. The Bertz CT molecular complexity index is 1440. The van der Waals surface area contributed by atoms with E-state index in [-0.39, 0.29) is 22.5 Å². The van der Waals surface area contributed by atoms with Crippen molar-refractivity contribution >= 4 is 21.7 Å². The molecule has 1 amide bonds. The molecule has 1 aromatic heterocycles. The summed E-state index contributed by atoms with van der Waals surface area (Å²) >= 11 is 0. The molecular weight excluding hydrogens is 492 g/mol. The van der Waals surface area contributed by atoms with E-state index >= 15 is 0 Å². The number of aryl methyl sites for hydroxylation is 1. The fourth-order valence-corrected chi connectivity index (χ4v) is 6.19. The molecule has 3 aromatic rings. The molecular formula is C27H32N4O5S. The second kappa shape index (κ2) is 10.2. The van der Waals surface area contributed by atoms with E-state index < -0.39 is 33.6 Å². The zero-order chi connectivity index (χ0) is 27.0. The molecule has 2 aromatic carbocycles. The van der Waals surface area contributed by atoms with Gasteiger partial charge < -0.3 is 10.1 Å². The predicted molar refractivity (Wildman–Crippen MR) is 141 cm³/mol. The first-order chi connectivity index (χ1) is 17.5. The van der Waals surface area contributed by atoms with E-state index in [1.807, 2.05) is 20.8 Å². The van der Waals surface area contributed by atoms with Gasteiger partial charge in [-0.2, -0.15) is 9.29 Å². The van der Waals surface area contributed by atoms with Gasteiger partial charge in [0.2, 0.25) is 10.0 Å². The Hall–Kier alpha value is -3.34. The van der Waals surface area contributed by atoms with Crippen LogP contribution in [0.5, 0.6) is 0 Å². The fourth-order valence-electron chi connectivity index (χ4n) is 4.75. The number of nitrogens with one attached hydrogen (secondary N) is 1. The number of hydrogen-bond donors (Lipinski definition) is 1. The Labute approximate surface area is 217 Å². The standard InChI is InChI=1S/C27H32N4O5S/c1-6-27(4)19(3)22(30(5)37(34,35)21-15-11-8-12-16-21)25(36-27)31-17-18(2)23(29-26(31)33)28-24(32)20-13-9-7-10-14-20/h7-17,19,22,25H,6H2,1-5H3,(H,28,29,32,33)/t19-,22+,25+,27+/m0/s1. The number of ether oxygens (including phenoxy) is 1. The zero-order valence-corrected chi connectivity index (χ0v) is 22.4. The lowest BCUT2D eigenvalue weighted by Gasteiger charge is -2.32. The molecule has 196 valence electrons. The lowest BCUT2D eigenvalue weighted by molar-refractivity contribution is -0.0791. The summed E-state index contributed by atoms with van der Waals surface area (Å²) in [5, 5.41) is 2.69. The van der Waals surface area contributed by atoms with Crippen LogP contribution in [0.1, 0.15) is 49.3 Å². The van der Waals surface area contributed by atoms with Crippen LogP contribution in [0.25, 0.3) is 0 Å². The third-order valence-corrected chi connectivity index (χ3v) is 9.25. The van der Waals surface area contributed by atoms with Crippen LogP contribution >= 0.6 is 0 Å². The summed E-state index contributed by atoms with van der Waals surface area (Å²) in [6, 6.07) is 16.1. The molecule has 1 aliphatic heterocycles. The van der Waals surface area contributed by atoms with Crippen LogP contribution in [0.4, 0.5) is 5.82 Å². The predicted octanol–water partition coefficient (Wildman–Crippen LogP) is 3.83. The quantitative estimate of drug-likeness (QED) is 0.503. The Balaban J connectivity index is 1.72. The summed E-state index contributed by atoms with van der Waals surface area (Å²) in [7, 11) is -2.36. The third-order valence-electron chi connectivity index (χ3n) is 7.38. The van der Waals surface area contributed by atoms with Gasteiger partial charge in [0.25, 0.3) is 5.91 Å². The van der Waals surface area contributed by atoms with Crippen molar-refractivity contribution < 1.29 is 17.9 Å². The lowest BCUT2D eigenvalue weighted by Crippen LogP contribution is -2.46. The van der Waals surface area contributed by atoms with E-state index in [1.54, 1.807) is 73.8 Å². The molecule has 1 fully saturated rings. The summed E-state index contributed by atoms with van der Waals surface area (Å²) in [6.07, 6.45) is 1.26. The normalized spacial score (nSPS) is 23.8. The molecule has 4 atom stereocenters. The molecule has 10 heteroatoms. The van der Waals surface area contributed by atoms with Crippen LogP contribution in [0, 0.1) is 12.8 Å². The van der Waals surface area contributed by atoms with Gasteiger partial charge in [0.1, 0.15) is 5.82 Å². The summed E-state index contributed by atoms with van der Waals surface area (Å²) in [5.74, 6) is -0.485. The largest absolute Gasteiger partial charge is 0.351 e. The molecule has 1 saturated heterocycles. The second-order valence-electron chi connectivity index (χ2n) is 9.57. The number of likely N-dealkylation sites (N-methyl/N-ethyl adjacent to an activating group) is 1. The molecule has 0 spiro atoms. The maximum Gasteiger partial charge on any atom is 0.351 e. The number of nitrogens with zero attached hydrogens (tertiary/aromatic N) is 3. The highest BCUT2D eigenvalue weighted by molar-refractivity contribution is 7.89. The van der Waals surface area contributed by atoms with Crippen molar-refractivity contribution in [1.82, 2.24) is 13.9 Å². The van der Waals surface area contributed by atoms with Gasteiger partial charge in [-0.3, -0.25) is 9.36 Å². The van der Waals surface area contributed by atoms with Crippen molar-refractivity contribution in [2.45, 2.75) is 56.9 Å². The van der Waals surface area contributed by atoms with Crippen LogP contribution in [0.3, 0.4) is 0 Å². The number of carbonyl (C=O) groups is 1. The molecule has 0 unspecified atom stereocenters. The number of aromatic nitrogens is 2. The lowest BCUT2D eigenvalue weighted by atomic mass is 9.85. The molecule has 9 nitrogen and oxygen atoms in total. The number of hydrogen-bond acceptors (Lipinski definition) is 6. The first-order valence-electron chi connectivity index (χ1n) is 12.2. The summed E-state index contributed by atoms with van der Waals surface area (Å²) in [5.41, 5.74) is -0.351. The average Bonchev–Trinajstić information content (AvgIpc) is 3.17. The molecule has 4 rings (SSSR count). The van der Waals surface area contributed by atoms with Gasteiger partial charge in [0.15, 0.2) is 6.23 Å². The number of sulfonamides is 1. The third kappa shape index (κ3) is 4.96. The van der Waals surface area contributed by atoms with E-state index in [4.69, 9.17) is 4.74 Å². The number of anilines is 1. The van der Waals surface area contributed by atoms with Crippen LogP contribution in [-0.4, -0.2) is 46.9 Å². The number of rotatable bonds is 7. The Morgan fingerprint density at radius 3 is 2.32 bits per heavy atom. The Morgan fingerprint density at radius 2 is 1.73 bits per heavy atom. The minimum absolute atomic E-state index is 0.140. The van der Waals surface area contributed by atoms with Gasteiger partial charge >= 0.3 is 5.69 Å². The Morgan fingerprint density at radius 1 is 1.14 bits per heavy atom. The second-order valence-corrected chi connectivity index (χ2v) is 11.6. The maximum absolute atomic E-state index is 13.5. The molecule has 0 aliphatic carbocycles. The number of benzene rings is 2. The summed E-state index contributed by atoms with van der Waals surface area (Å²) in [4.78, 5) is 30.1. The van der Waals surface area contributed by atoms with E-state index in [1.165, 1.54) is 15.9 Å². The van der Waals surface area contributed by atoms with Crippen molar-refractivity contribution in [2.75, 3.05) is 12.4 Å². The average molecular weight is 525 g/mol. The highest BCUT2D eigenvalue weighted by atomic mass is 32.2. The van der Waals surface area contributed by atoms with Gasteiger partial charge in [-0.15, -0.1) is 0 Å². The molecule has 0 bridgehead atoms. The first kappa shape index (κ1) is 26.7. The SMILES string of the molecule is CC[C@@]1(C)O[C@@H](n2cc(C)c(NC(=O)c3ccccc3)nc2=O)[C@H](N(C)S(=O)(=O)c2ccccc2)[C@@H]1C. The van der Waals surface area contributed by atoms with Gasteiger partial charge in [0.05, 0.1) is 16.5 Å². The smallest absolute Gasteiger partial charge is 0.350 e. The van der Waals surface area contributed by atoms with Crippen LogP contribution in [-0.2, 0) is 14.8 Å². The van der Waals surface area contributed by atoms with E-state index in [0.717, 1.165) is 0 Å². The molecule has 2 heterocycles. The molecule has 1 N–H and O–H groups in total. The summed E-state index contributed by atoms with van der Waals surface area (Å²) in [6.45, 7) is 7.55. The molecule has 0 saturated carbocycles. The van der Waals surface area contributed by atoms with Crippen LogP contribution in [0.15, 0.2) is 76.6 Å². The minimum Gasteiger partial charge on any atom is -0.350 e.